The number of unbranched alkanes of at least 4 members (excludes halogenated alkanes) is 6. The molecule has 3 heteroatoms. The molecular weight excluding hydrogens is 268 g/mol. The van der Waals surface area contributed by atoms with Gasteiger partial charge in [-0.3, -0.25) is 0 Å². The second-order valence-corrected chi connectivity index (χ2v) is 7.61. The van der Waals surface area contributed by atoms with Crippen LogP contribution in [0.2, 0.25) is 0 Å². The quantitative estimate of drug-likeness (QED) is 0.168. The Balaban J connectivity index is 4.38. The van der Waals surface area contributed by atoms with Crippen LogP contribution in [-0.2, 0) is 0 Å². The fraction of sp³-hybridized carbons (Fsp3) is 1.00. The average Bonchev–Trinajstić information content (AvgIpc) is 2.37. The Bertz CT molecular complexity index is 244. The van der Waals surface area contributed by atoms with Crippen LogP contribution in [0, 0.1) is 0 Å². The van der Waals surface area contributed by atoms with E-state index in [1.54, 1.807) is 0 Å². The first kappa shape index (κ1) is 19.9. The molecule has 0 amide bonds. The monoisotopic (exact) mass is 302 g/mol. The molecule has 0 atom stereocenters. The van der Waals surface area contributed by atoms with Crippen LogP contribution in [-0.4, -0.2) is 10.5 Å². The van der Waals surface area contributed by atoms with E-state index in [1.807, 2.05) is 0 Å². The number of hydrogen-bond acceptors (Lipinski definition) is 2. The number of azo groups is 1. The first-order valence-corrected chi connectivity index (χ1v) is 8.84. The Morgan fingerprint density at radius 3 is 1.50 bits per heavy atom. The summed E-state index contributed by atoms with van der Waals surface area (Å²) in [5.74, 6) is 0. The van der Waals surface area contributed by atoms with E-state index in [1.165, 1.54) is 38.5 Å². The van der Waals surface area contributed by atoms with Gasteiger partial charge in [-0.15, -0.1) is 0 Å². The summed E-state index contributed by atoms with van der Waals surface area (Å²) in [4.78, 5) is -0.464. The van der Waals surface area contributed by atoms with Crippen molar-refractivity contribution >= 4 is 11.6 Å². The van der Waals surface area contributed by atoms with Crippen molar-refractivity contribution in [3.8, 4) is 0 Å². The van der Waals surface area contributed by atoms with Crippen LogP contribution in [0.4, 0.5) is 0 Å². The van der Waals surface area contributed by atoms with Gasteiger partial charge in [0, 0.05) is 0 Å². The summed E-state index contributed by atoms with van der Waals surface area (Å²) in [5, 5.41) is 8.93. The van der Waals surface area contributed by atoms with Crippen LogP contribution in [0.3, 0.4) is 0 Å². The average molecular weight is 303 g/mol. The molecule has 0 bridgehead atoms. The van der Waals surface area contributed by atoms with Crippen molar-refractivity contribution in [3.63, 3.8) is 0 Å². The maximum absolute atomic E-state index is 6.74. The van der Waals surface area contributed by atoms with Gasteiger partial charge in [-0.05, 0) is 46.5 Å². The molecule has 0 aromatic rings. The van der Waals surface area contributed by atoms with Crippen molar-refractivity contribution in [1.29, 1.82) is 0 Å². The van der Waals surface area contributed by atoms with Crippen LogP contribution in [0.5, 0.6) is 0 Å². The van der Waals surface area contributed by atoms with Gasteiger partial charge >= 0.3 is 0 Å². The molecule has 0 aliphatic carbocycles. The van der Waals surface area contributed by atoms with Crippen molar-refractivity contribution in [2.45, 2.75) is 109 Å². The molecule has 0 unspecified atom stereocenters. The van der Waals surface area contributed by atoms with Gasteiger partial charge in [-0.2, -0.15) is 10.2 Å². The molecule has 0 aromatic heterocycles. The predicted octanol–water partition coefficient (Wildman–Crippen LogP) is 7.11. The van der Waals surface area contributed by atoms with Gasteiger partial charge < -0.3 is 0 Å². The van der Waals surface area contributed by atoms with Gasteiger partial charge in [0.25, 0.3) is 0 Å². The van der Waals surface area contributed by atoms with Gasteiger partial charge in [0.15, 0.2) is 5.00 Å². The first-order chi connectivity index (χ1) is 9.33. The molecule has 120 valence electrons. The predicted molar refractivity (Wildman–Crippen MR) is 90.7 cm³/mol. The highest BCUT2D eigenvalue weighted by Crippen LogP contribution is 2.32. The number of nitrogens with zero attached hydrogens (tertiary/aromatic N) is 2. The smallest absolute Gasteiger partial charge is 0.154 e. The lowest BCUT2D eigenvalue weighted by atomic mass is 10.0. The zero-order valence-corrected chi connectivity index (χ0v) is 15.1. The molecular formula is C17H35ClN2. The molecule has 20 heavy (non-hydrogen) atoms. The molecule has 0 heterocycles. The molecule has 0 saturated heterocycles. The van der Waals surface area contributed by atoms with E-state index in [0.29, 0.717) is 0 Å². The normalized spacial score (nSPS) is 13.3. The SMILES string of the molecule is CCCCCCC(Cl)(CCCCCC)N=NC(C)(C)C. The minimum Gasteiger partial charge on any atom is -0.187 e. The van der Waals surface area contributed by atoms with Crippen LogP contribution < -0.4 is 0 Å². The van der Waals surface area contributed by atoms with Gasteiger partial charge in [-0.1, -0.05) is 64.0 Å². The fourth-order valence-corrected chi connectivity index (χ4v) is 2.41. The third kappa shape index (κ3) is 11.7. The number of halogens is 1. The molecule has 0 aromatic carbocycles. The molecule has 0 fully saturated rings. The van der Waals surface area contributed by atoms with E-state index in [4.69, 9.17) is 11.6 Å². The van der Waals surface area contributed by atoms with E-state index in [2.05, 4.69) is 44.8 Å². The van der Waals surface area contributed by atoms with Crippen LogP contribution in [0.25, 0.3) is 0 Å². The molecule has 0 N–H and O–H groups in total. The molecule has 0 aliphatic heterocycles. The highest BCUT2D eigenvalue weighted by molar-refractivity contribution is 6.23. The Labute approximate surface area is 131 Å². The van der Waals surface area contributed by atoms with Gasteiger partial charge in [-0.25, -0.2) is 0 Å². The second-order valence-electron chi connectivity index (χ2n) is 6.91. The van der Waals surface area contributed by atoms with Gasteiger partial charge in [0.1, 0.15) is 0 Å². The van der Waals surface area contributed by atoms with Gasteiger partial charge in [0.2, 0.25) is 0 Å². The van der Waals surface area contributed by atoms with Crippen molar-refractivity contribution in [3.05, 3.63) is 0 Å². The summed E-state index contributed by atoms with van der Waals surface area (Å²) < 4.78 is 0. The van der Waals surface area contributed by atoms with Crippen LogP contribution >= 0.6 is 11.6 Å². The van der Waals surface area contributed by atoms with E-state index < -0.39 is 5.00 Å². The molecule has 0 rings (SSSR count). The van der Waals surface area contributed by atoms with Gasteiger partial charge in [0.05, 0.1) is 5.54 Å². The lowest BCUT2D eigenvalue weighted by molar-refractivity contribution is 0.410. The largest absolute Gasteiger partial charge is 0.187 e. The van der Waals surface area contributed by atoms with E-state index in [9.17, 15) is 0 Å². The van der Waals surface area contributed by atoms with Crippen molar-refractivity contribution in [2.75, 3.05) is 0 Å². The third-order valence-electron chi connectivity index (χ3n) is 3.36. The number of rotatable bonds is 11. The molecule has 0 saturated carbocycles. The third-order valence-corrected chi connectivity index (χ3v) is 3.81. The van der Waals surface area contributed by atoms with E-state index in [-0.39, 0.29) is 5.54 Å². The van der Waals surface area contributed by atoms with Crippen molar-refractivity contribution < 1.29 is 0 Å². The van der Waals surface area contributed by atoms with E-state index in [0.717, 1.165) is 25.7 Å². The zero-order chi connectivity index (χ0) is 15.5. The Morgan fingerprint density at radius 1 is 0.700 bits per heavy atom. The Hall–Kier alpha value is -0.110. The number of alkyl halides is 1. The summed E-state index contributed by atoms with van der Waals surface area (Å²) in [6, 6.07) is 0. The molecule has 0 aliphatic rings. The maximum atomic E-state index is 6.74. The van der Waals surface area contributed by atoms with Crippen molar-refractivity contribution in [2.24, 2.45) is 10.2 Å². The maximum Gasteiger partial charge on any atom is 0.154 e. The molecule has 0 radical (unpaired) electrons. The minimum atomic E-state index is -0.464. The number of hydrogen-bond donors (Lipinski definition) is 0. The summed E-state index contributed by atoms with van der Waals surface area (Å²) >= 11 is 6.74. The summed E-state index contributed by atoms with van der Waals surface area (Å²) in [6.07, 6.45) is 11.8. The lowest BCUT2D eigenvalue weighted by Gasteiger charge is -2.23. The topological polar surface area (TPSA) is 24.7 Å². The van der Waals surface area contributed by atoms with Crippen LogP contribution in [0.1, 0.15) is 98.8 Å². The second kappa shape index (κ2) is 10.6. The highest BCUT2D eigenvalue weighted by Gasteiger charge is 2.26. The Kier molecular flexibility index (Phi) is 10.5. The summed E-state index contributed by atoms with van der Waals surface area (Å²) in [6.45, 7) is 10.7. The molecule has 0 spiro atoms. The van der Waals surface area contributed by atoms with Crippen LogP contribution in [0.15, 0.2) is 10.2 Å². The summed E-state index contributed by atoms with van der Waals surface area (Å²) in [7, 11) is 0. The Morgan fingerprint density at radius 2 is 1.15 bits per heavy atom. The standard InChI is InChI=1S/C17H35ClN2/c1-6-8-10-12-14-17(18,15-13-11-9-7-2)20-19-16(3,4)5/h6-15H2,1-5H3. The first-order valence-electron chi connectivity index (χ1n) is 8.46. The van der Waals surface area contributed by atoms with Crippen molar-refractivity contribution in [1.82, 2.24) is 0 Å². The lowest BCUT2D eigenvalue weighted by Crippen LogP contribution is -2.20. The zero-order valence-electron chi connectivity index (χ0n) is 14.3. The fourth-order valence-electron chi connectivity index (χ4n) is 2.11. The van der Waals surface area contributed by atoms with E-state index >= 15 is 0 Å². The molecule has 2 nitrogen and oxygen atoms in total. The highest BCUT2D eigenvalue weighted by atomic mass is 35.5. The minimum absolute atomic E-state index is 0.132. The summed E-state index contributed by atoms with van der Waals surface area (Å²) in [5.41, 5.74) is -0.132.